The van der Waals surface area contributed by atoms with Crippen LogP contribution in [0.25, 0.3) is 17.0 Å². The normalized spacial score (nSPS) is 17.7. The van der Waals surface area contributed by atoms with Crippen LogP contribution in [0.3, 0.4) is 0 Å². The van der Waals surface area contributed by atoms with Crippen molar-refractivity contribution in [2.75, 3.05) is 40.0 Å². The molecule has 1 aromatic carbocycles. The van der Waals surface area contributed by atoms with Crippen LogP contribution in [0.4, 0.5) is 4.39 Å². The Labute approximate surface area is 220 Å². The SMILES string of the molecule is COc1cc2c(Oc3cnc4c(c3F)C=C(C)C4)ccnc2cc1OCCC(=O)N1CCC2(CC1)COC2. The van der Waals surface area contributed by atoms with Gasteiger partial charge in [0.1, 0.15) is 5.75 Å². The summed E-state index contributed by atoms with van der Waals surface area (Å²) in [4.78, 5) is 23.4. The first-order chi connectivity index (χ1) is 18.4. The Morgan fingerprint density at radius 1 is 1.13 bits per heavy atom. The van der Waals surface area contributed by atoms with Gasteiger partial charge in [0, 0.05) is 48.1 Å². The molecular formula is C29H30FN3O5. The highest BCUT2D eigenvalue weighted by molar-refractivity contribution is 5.88. The number of hydrogen-bond donors (Lipinski definition) is 0. The van der Waals surface area contributed by atoms with Gasteiger partial charge in [-0.2, -0.15) is 0 Å². The van der Waals surface area contributed by atoms with Crippen molar-refractivity contribution in [3.05, 3.63) is 53.2 Å². The van der Waals surface area contributed by atoms with Crippen molar-refractivity contribution in [1.29, 1.82) is 0 Å². The van der Waals surface area contributed by atoms with E-state index in [1.54, 1.807) is 37.6 Å². The Morgan fingerprint density at radius 3 is 2.68 bits per heavy atom. The maximum absolute atomic E-state index is 15.1. The van der Waals surface area contributed by atoms with Crippen LogP contribution >= 0.6 is 0 Å². The highest BCUT2D eigenvalue weighted by Crippen LogP contribution is 2.40. The summed E-state index contributed by atoms with van der Waals surface area (Å²) in [5.74, 6) is 1.08. The summed E-state index contributed by atoms with van der Waals surface area (Å²) in [6.45, 7) is 5.34. The number of hydrogen-bond acceptors (Lipinski definition) is 7. The summed E-state index contributed by atoms with van der Waals surface area (Å²) in [5.41, 5.74) is 3.14. The molecular weight excluding hydrogens is 489 g/mol. The van der Waals surface area contributed by atoms with Gasteiger partial charge in [-0.25, -0.2) is 4.39 Å². The lowest BCUT2D eigenvalue weighted by molar-refractivity contribution is -0.153. The van der Waals surface area contributed by atoms with Crippen LogP contribution in [0, 0.1) is 11.2 Å². The molecule has 2 aliphatic heterocycles. The molecule has 1 aliphatic carbocycles. The first-order valence-corrected chi connectivity index (χ1v) is 12.9. The van der Waals surface area contributed by atoms with Crippen LogP contribution in [-0.2, 0) is 16.0 Å². The smallest absolute Gasteiger partial charge is 0.225 e. The second-order valence-corrected chi connectivity index (χ2v) is 10.4. The van der Waals surface area contributed by atoms with Crippen molar-refractivity contribution in [2.24, 2.45) is 5.41 Å². The third kappa shape index (κ3) is 4.55. The summed E-state index contributed by atoms with van der Waals surface area (Å²) in [6, 6.07) is 5.17. The van der Waals surface area contributed by atoms with Gasteiger partial charge < -0.3 is 23.8 Å². The number of carbonyl (C=O) groups excluding carboxylic acids is 1. The van der Waals surface area contributed by atoms with Gasteiger partial charge in [-0.05, 0) is 31.9 Å². The average Bonchev–Trinajstić information content (AvgIpc) is 3.30. The van der Waals surface area contributed by atoms with Gasteiger partial charge in [0.15, 0.2) is 23.1 Å². The molecule has 4 heterocycles. The molecule has 0 saturated carbocycles. The average molecular weight is 520 g/mol. The monoisotopic (exact) mass is 519 g/mol. The fourth-order valence-corrected chi connectivity index (χ4v) is 5.37. The minimum absolute atomic E-state index is 0.0495. The minimum atomic E-state index is -0.432. The Morgan fingerprint density at radius 2 is 1.95 bits per heavy atom. The number of aromatic nitrogens is 2. The summed E-state index contributed by atoms with van der Waals surface area (Å²) in [7, 11) is 1.54. The fourth-order valence-electron chi connectivity index (χ4n) is 5.37. The molecule has 2 fully saturated rings. The van der Waals surface area contributed by atoms with Crippen molar-refractivity contribution >= 4 is 22.9 Å². The van der Waals surface area contributed by atoms with Crippen molar-refractivity contribution < 1.29 is 28.1 Å². The summed E-state index contributed by atoms with van der Waals surface area (Å²) < 4.78 is 38.0. The number of amides is 1. The van der Waals surface area contributed by atoms with E-state index in [9.17, 15) is 4.79 Å². The van der Waals surface area contributed by atoms with Crippen LogP contribution in [-0.4, -0.2) is 60.8 Å². The van der Waals surface area contributed by atoms with E-state index in [0.717, 1.165) is 44.7 Å². The molecule has 9 heteroatoms. The number of carbonyl (C=O) groups is 1. The van der Waals surface area contributed by atoms with Gasteiger partial charge in [0.05, 0.1) is 50.8 Å². The van der Waals surface area contributed by atoms with Gasteiger partial charge >= 0.3 is 0 Å². The zero-order chi connectivity index (χ0) is 26.3. The number of allylic oxidation sites excluding steroid dienone is 1. The van der Waals surface area contributed by atoms with E-state index in [0.29, 0.717) is 51.2 Å². The van der Waals surface area contributed by atoms with Crippen molar-refractivity contribution in [1.82, 2.24) is 14.9 Å². The van der Waals surface area contributed by atoms with E-state index in [4.69, 9.17) is 18.9 Å². The molecule has 3 aromatic rings. The Bertz CT molecular complexity index is 1430. The van der Waals surface area contributed by atoms with Gasteiger partial charge in [-0.3, -0.25) is 14.8 Å². The van der Waals surface area contributed by atoms with Crippen molar-refractivity contribution in [2.45, 2.75) is 32.6 Å². The van der Waals surface area contributed by atoms with Gasteiger partial charge in [0.25, 0.3) is 0 Å². The van der Waals surface area contributed by atoms with Crippen LogP contribution < -0.4 is 14.2 Å². The maximum atomic E-state index is 15.1. The van der Waals surface area contributed by atoms with Crippen molar-refractivity contribution in [3.63, 3.8) is 0 Å². The number of piperidine rings is 1. The summed E-state index contributed by atoms with van der Waals surface area (Å²) >= 11 is 0. The highest BCUT2D eigenvalue weighted by atomic mass is 19.1. The standard InChI is InChI=1S/C29H30FN3O5/c1-18-11-20-21(12-18)32-15-26(28(20)30)38-23-3-7-31-22-14-25(24(35-2)13-19(22)23)37-10-4-27(34)33-8-5-29(6-9-33)16-36-17-29/h3,7,11,13-15H,4-6,8-10,12,16-17H2,1-2H3. The van der Waals surface area contributed by atoms with E-state index in [1.807, 2.05) is 11.8 Å². The van der Waals surface area contributed by atoms with Crippen LogP contribution in [0.5, 0.6) is 23.0 Å². The molecule has 6 rings (SSSR count). The molecule has 2 saturated heterocycles. The lowest BCUT2D eigenvalue weighted by Crippen LogP contribution is -2.52. The number of methoxy groups -OCH3 is 1. The molecule has 8 nitrogen and oxygen atoms in total. The molecule has 0 unspecified atom stereocenters. The van der Waals surface area contributed by atoms with Crippen LogP contribution in [0.2, 0.25) is 0 Å². The Balaban J connectivity index is 1.15. The third-order valence-electron chi connectivity index (χ3n) is 7.71. The molecule has 198 valence electrons. The number of pyridine rings is 2. The van der Waals surface area contributed by atoms with Gasteiger partial charge in [-0.1, -0.05) is 11.6 Å². The first kappa shape index (κ1) is 24.6. The largest absolute Gasteiger partial charge is 0.493 e. The molecule has 3 aliphatic rings. The van der Waals surface area contributed by atoms with E-state index in [-0.39, 0.29) is 24.7 Å². The molecule has 0 atom stereocenters. The van der Waals surface area contributed by atoms with Crippen LogP contribution in [0.1, 0.15) is 37.4 Å². The number of benzene rings is 1. The minimum Gasteiger partial charge on any atom is -0.493 e. The molecule has 38 heavy (non-hydrogen) atoms. The lowest BCUT2D eigenvalue weighted by atomic mass is 9.77. The Hall–Kier alpha value is -3.72. The van der Waals surface area contributed by atoms with E-state index in [2.05, 4.69) is 9.97 Å². The van der Waals surface area contributed by atoms with Crippen LogP contribution in [0.15, 0.2) is 36.2 Å². The quantitative estimate of drug-likeness (QED) is 0.437. The zero-order valence-electron chi connectivity index (χ0n) is 21.6. The van der Waals surface area contributed by atoms with E-state index >= 15 is 4.39 Å². The zero-order valence-corrected chi connectivity index (χ0v) is 21.6. The maximum Gasteiger partial charge on any atom is 0.225 e. The predicted molar refractivity (Wildman–Crippen MR) is 139 cm³/mol. The number of fused-ring (bicyclic) bond motifs is 2. The second kappa shape index (κ2) is 9.87. The number of likely N-dealkylation sites (tertiary alicyclic amines) is 1. The first-order valence-electron chi connectivity index (χ1n) is 12.9. The van der Waals surface area contributed by atoms with E-state index in [1.165, 1.54) is 6.20 Å². The highest BCUT2D eigenvalue weighted by Gasteiger charge is 2.41. The molecule has 1 amide bonds. The summed E-state index contributed by atoms with van der Waals surface area (Å²) in [5, 5.41) is 0.640. The fraction of sp³-hybridized carbons (Fsp3) is 0.414. The number of nitrogens with zero attached hydrogens (tertiary/aromatic N) is 3. The van der Waals surface area contributed by atoms with Gasteiger partial charge in [0.2, 0.25) is 5.91 Å². The molecule has 2 aromatic heterocycles. The van der Waals surface area contributed by atoms with Crippen molar-refractivity contribution in [3.8, 4) is 23.0 Å². The molecule has 0 bridgehead atoms. The number of ether oxygens (including phenoxy) is 4. The van der Waals surface area contributed by atoms with E-state index < -0.39 is 5.82 Å². The summed E-state index contributed by atoms with van der Waals surface area (Å²) in [6.07, 6.45) is 7.73. The lowest BCUT2D eigenvalue weighted by Gasteiger charge is -2.47. The molecule has 1 spiro atoms. The Kier molecular flexibility index (Phi) is 6.39. The number of rotatable bonds is 7. The van der Waals surface area contributed by atoms with Gasteiger partial charge in [-0.15, -0.1) is 0 Å². The predicted octanol–water partition coefficient (Wildman–Crippen LogP) is 4.94. The number of halogens is 1. The molecule has 0 radical (unpaired) electrons. The third-order valence-corrected chi connectivity index (χ3v) is 7.71. The topological polar surface area (TPSA) is 83.0 Å². The second-order valence-electron chi connectivity index (χ2n) is 10.4. The molecule has 0 N–H and O–H groups in total.